The van der Waals surface area contributed by atoms with E-state index >= 15 is 0 Å². The third kappa shape index (κ3) is 3.95. The molecular formula is C9H15N3O4S2. The fourth-order valence-corrected chi connectivity index (χ4v) is 2.76. The van der Waals surface area contributed by atoms with Crippen LogP contribution in [0.5, 0.6) is 0 Å². The molecule has 9 heteroatoms. The van der Waals surface area contributed by atoms with Gasteiger partial charge in [0.05, 0.1) is 10.6 Å². The number of nitrogens with two attached hydrogens (primary N) is 1. The van der Waals surface area contributed by atoms with Gasteiger partial charge >= 0.3 is 0 Å². The SMILES string of the molecule is CCNS(=O)(=O)Nc1cc(S(N)(=O)=O)ccc1C. The Balaban J connectivity index is 3.18. The molecule has 1 rings (SSSR count). The zero-order valence-corrected chi connectivity index (χ0v) is 11.6. The molecule has 0 heterocycles. The predicted molar refractivity (Wildman–Crippen MR) is 68.8 cm³/mol. The summed E-state index contributed by atoms with van der Waals surface area (Å²) in [4.78, 5) is -0.151. The van der Waals surface area contributed by atoms with Crippen LogP contribution in [0.25, 0.3) is 0 Å². The molecule has 18 heavy (non-hydrogen) atoms. The number of benzene rings is 1. The summed E-state index contributed by atoms with van der Waals surface area (Å²) in [6, 6.07) is 3.97. The van der Waals surface area contributed by atoms with Crippen molar-refractivity contribution in [3.05, 3.63) is 23.8 Å². The number of hydrogen-bond acceptors (Lipinski definition) is 4. The number of nitrogens with one attached hydrogen (secondary N) is 2. The predicted octanol–water partition coefficient (Wildman–Crippen LogP) is -0.0914. The molecule has 0 bridgehead atoms. The van der Waals surface area contributed by atoms with Crippen molar-refractivity contribution in [1.29, 1.82) is 0 Å². The highest BCUT2D eigenvalue weighted by Gasteiger charge is 2.14. The molecule has 102 valence electrons. The van der Waals surface area contributed by atoms with Crippen molar-refractivity contribution in [3.8, 4) is 0 Å². The molecule has 0 aromatic heterocycles. The van der Waals surface area contributed by atoms with Gasteiger partial charge in [-0.15, -0.1) is 0 Å². The minimum atomic E-state index is -3.87. The first kappa shape index (κ1) is 14.9. The maximum Gasteiger partial charge on any atom is 0.299 e. The molecule has 1 aromatic carbocycles. The van der Waals surface area contributed by atoms with E-state index < -0.39 is 20.2 Å². The molecule has 0 aliphatic rings. The van der Waals surface area contributed by atoms with Gasteiger partial charge in [-0.25, -0.2) is 13.6 Å². The maximum absolute atomic E-state index is 11.5. The zero-order chi connectivity index (χ0) is 14.0. The van der Waals surface area contributed by atoms with Gasteiger partial charge < -0.3 is 0 Å². The molecular weight excluding hydrogens is 278 g/mol. The first-order valence-electron chi connectivity index (χ1n) is 5.06. The largest absolute Gasteiger partial charge is 0.299 e. The van der Waals surface area contributed by atoms with Crippen molar-refractivity contribution in [2.24, 2.45) is 5.14 Å². The molecule has 7 nitrogen and oxygen atoms in total. The third-order valence-corrected chi connectivity index (χ3v) is 4.18. The molecule has 0 aliphatic carbocycles. The van der Waals surface area contributed by atoms with Gasteiger partial charge in [0.25, 0.3) is 10.2 Å². The Morgan fingerprint density at radius 1 is 1.22 bits per heavy atom. The van der Waals surface area contributed by atoms with Gasteiger partial charge in [0.2, 0.25) is 10.0 Å². The fourth-order valence-electron chi connectivity index (χ4n) is 1.26. The van der Waals surface area contributed by atoms with Gasteiger partial charge in [0.15, 0.2) is 0 Å². The van der Waals surface area contributed by atoms with Crippen LogP contribution in [0.4, 0.5) is 5.69 Å². The van der Waals surface area contributed by atoms with Crippen LogP contribution in [0.1, 0.15) is 12.5 Å². The summed E-state index contributed by atoms with van der Waals surface area (Å²) in [5, 5.41) is 4.98. The first-order chi connectivity index (χ1) is 8.15. The van der Waals surface area contributed by atoms with E-state index in [2.05, 4.69) is 9.44 Å². The highest BCUT2D eigenvalue weighted by molar-refractivity contribution is 7.90. The average molecular weight is 293 g/mol. The summed E-state index contributed by atoms with van der Waals surface area (Å²) in [6.45, 7) is 3.51. The van der Waals surface area contributed by atoms with Crippen molar-refractivity contribution in [2.45, 2.75) is 18.7 Å². The fraction of sp³-hybridized carbons (Fsp3) is 0.333. The van der Waals surface area contributed by atoms with Crippen LogP contribution in [-0.2, 0) is 20.2 Å². The van der Waals surface area contributed by atoms with E-state index in [9.17, 15) is 16.8 Å². The second kappa shape index (κ2) is 5.22. The summed E-state index contributed by atoms with van der Waals surface area (Å²) in [7, 11) is -7.57. The normalized spacial score (nSPS) is 12.4. The third-order valence-electron chi connectivity index (χ3n) is 2.12. The molecule has 0 saturated carbocycles. The molecule has 4 N–H and O–H groups in total. The number of sulfonamides is 1. The molecule has 0 amide bonds. The van der Waals surface area contributed by atoms with Gasteiger partial charge in [-0.1, -0.05) is 13.0 Å². The van der Waals surface area contributed by atoms with Gasteiger partial charge in [-0.2, -0.15) is 13.1 Å². The highest BCUT2D eigenvalue weighted by atomic mass is 32.2. The van der Waals surface area contributed by atoms with Crippen LogP contribution < -0.4 is 14.6 Å². The lowest BCUT2D eigenvalue weighted by Crippen LogP contribution is -2.30. The van der Waals surface area contributed by atoms with E-state index in [1.54, 1.807) is 13.8 Å². The van der Waals surface area contributed by atoms with Gasteiger partial charge in [-0.3, -0.25) is 4.72 Å². The molecule has 1 aromatic rings. The summed E-state index contributed by atoms with van der Waals surface area (Å²) in [5.41, 5.74) is 0.756. The topological polar surface area (TPSA) is 118 Å². The van der Waals surface area contributed by atoms with Crippen LogP contribution in [-0.4, -0.2) is 23.4 Å². The lowest BCUT2D eigenvalue weighted by atomic mass is 10.2. The Labute approximate surface area is 107 Å². The van der Waals surface area contributed by atoms with E-state index in [0.29, 0.717) is 5.56 Å². The minimum Gasteiger partial charge on any atom is -0.271 e. The van der Waals surface area contributed by atoms with E-state index in [4.69, 9.17) is 5.14 Å². The monoisotopic (exact) mass is 293 g/mol. The van der Waals surface area contributed by atoms with Crippen LogP contribution in [0, 0.1) is 6.92 Å². The Morgan fingerprint density at radius 3 is 2.33 bits per heavy atom. The van der Waals surface area contributed by atoms with Crippen molar-refractivity contribution in [3.63, 3.8) is 0 Å². The van der Waals surface area contributed by atoms with Crippen LogP contribution >= 0.6 is 0 Å². The lowest BCUT2D eigenvalue weighted by Gasteiger charge is -2.11. The standard InChI is InChI=1S/C9H15N3O4S2/c1-3-11-18(15,16)12-9-6-8(17(10,13)14)5-4-7(9)2/h4-6,11-12H,3H2,1-2H3,(H2,10,13,14). The zero-order valence-electron chi connectivity index (χ0n) is 9.97. The second-order valence-corrected chi connectivity index (χ2v) is 6.69. The molecule has 0 fully saturated rings. The number of anilines is 1. The number of aryl methyl sites for hydroxylation is 1. The molecule has 0 saturated heterocycles. The van der Waals surface area contributed by atoms with Crippen LogP contribution in [0.2, 0.25) is 0 Å². The Kier molecular flexibility index (Phi) is 4.32. The molecule has 0 radical (unpaired) electrons. The molecule has 0 spiro atoms. The van der Waals surface area contributed by atoms with E-state index in [0.717, 1.165) is 0 Å². The summed E-state index contributed by atoms with van der Waals surface area (Å²) in [6.07, 6.45) is 0. The smallest absolute Gasteiger partial charge is 0.271 e. The van der Waals surface area contributed by atoms with E-state index in [1.165, 1.54) is 18.2 Å². The second-order valence-electron chi connectivity index (χ2n) is 3.63. The molecule has 0 aliphatic heterocycles. The molecule has 0 atom stereocenters. The van der Waals surface area contributed by atoms with E-state index in [1.807, 2.05) is 0 Å². The Hall–Kier alpha value is -1.16. The Bertz CT molecular complexity index is 638. The highest BCUT2D eigenvalue weighted by Crippen LogP contribution is 2.20. The van der Waals surface area contributed by atoms with Crippen LogP contribution in [0.3, 0.4) is 0 Å². The molecule has 0 unspecified atom stereocenters. The Morgan fingerprint density at radius 2 is 1.83 bits per heavy atom. The summed E-state index contributed by atoms with van der Waals surface area (Å²) in [5.74, 6) is 0. The van der Waals surface area contributed by atoms with Gasteiger partial charge in [0.1, 0.15) is 0 Å². The maximum atomic E-state index is 11.5. The van der Waals surface area contributed by atoms with E-state index in [-0.39, 0.29) is 17.1 Å². The summed E-state index contributed by atoms with van der Waals surface area (Å²) < 4.78 is 49.8. The van der Waals surface area contributed by atoms with Crippen molar-refractivity contribution in [1.82, 2.24) is 4.72 Å². The van der Waals surface area contributed by atoms with Crippen LogP contribution in [0.15, 0.2) is 23.1 Å². The number of primary sulfonamides is 1. The number of hydrogen-bond donors (Lipinski definition) is 3. The van der Waals surface area contributed by atoms with Gasteiger partial charge in [-0.05, 0) is 24.6 Å². The number of rotatable bonds is 5. The average Bonchev–Trinajstić information content (AvgIpc) is 2.19. The van der Waals surface area contributed by atoms with Gasteiger partial charge in [0, 0.05) is 6.54 Å². The summed E-state index contributed by atoms with van der Waals surface area (Å²) >= 11 is 0. The first-order valence-corrected chi connectivity index (χ1v) is 8.09. The van der Waals surface area contributed by atoms with Crippen molar-refractivity contribution < 1.29 is 16.8 Å². The van der Waals surface area contributed by atoms with Crippen molar-refractivity contribution >= 4 is 25.9 Å². The quantitative estimate of drug-likeness (QED) is 0.703. The lowest BCUT2D eigenvalue weighted by molar-refractivity contribution is 0.588. The minimum absolute atomic E-state index is 0.151. The van der Waals surface area contributed by atoms with Crippen molar-refractivity contribution in [2.75, 3.05) is 11.3 Å².